The minimum absolute atomic E-state index is 0.0768. The summed E-state index contributed by atoms with van der Waals surface area (Å²) in [7, 11) is 4.99. The van der Waals surface area contributed by atoms with Crippen LogP contribution < -0.4 is 14.2 Å². The van der Waals surface area contributed by atoms with E-state index in [2.05, 4.69) is 0 Å². The molecule has 7 nitrogen and oxygen atoms in total. The smallest absolute Gasteiger partial charge is 0.253 e. The Labute approximate surface area is 184 Å². The number of amides is 1. The van der Waals surface area contributed by atoms with Gasteiger partial charge in [-0.1, -0.05) is 0 Å². The number of rotatable bonds is 12. The molecular weight excluding hydrogens is 396 g/mol. The Morgan fingerprint density at radius 3 is 2.16 bits per heavy atom. The highest BCUT2D eigenvalue weighted by Crippen LogP contribution is 2.28. The van der Waals surface area contributed by atoms with E-state index < -0.39 is 0 Å². The third-order valence-electron chi connectivity index (χ3n) is 4.54. The Morgan fingerprint density at radius 1 is 0.903 bits per heavy atom. The van der Waals surface area contributed by atoms with E-state index in [0.717, 1.165) is 30.6 Å². The lowest BCUT2D eigenvalue weighted by Crippen LogP contribution is -2.21. The number of nitrogens with zero attached hydrogens (tertiary/aromatic N) is 1. The van der Waals surface area contributed by atoms with Gasteiger partial charge in [0.1, 0.15) is 5.75 Å². The van der Waals surface area contributed by atoms with Gasteiger partial charge < -0.3 is 23.8 Å². The van der Waals surface area contributed by atoms with Crippen molar-refractivity contribution in [3.63, 3.8) is 0 Å². The van der Waals surface area contributed by atoms with Crippen LogP contribution in [-0.4, -0.2) is 57.7 Å². The number of nitrogens with one attached hydrogen (secondary N) is 1. The quantitative estimate of drug-likeness (QED) is 0.308. The molecule has 0 saturated carbocycles. The molecule has 0 heterocycles. The molecule has 1 N–H and O–H groups in total. The molecule has 2 aromatic rings. The first-order chi connectivity index (χ1) is 15.0. The molecule has 0 aliphatic rings. The molecule has 0 unspecified atom stereocenters. The van der Waals surface area contributed by atoms with Crippen LogP contribution >= 0.6 is 0 Å². The zero-order valence-corrected chi connectivity index (χ0v) is 18.8. The predicted molar refractivity (Wildman–Crippen MR) is 121 cm³/mol. The van der Waals surface area contributed by atoms with Gasteiger partial charge in [0.25, 0.3) is 5.91 Å². The summed E-state index contributed by atoms with van der Waals surface area (Å²) in [6, 6.07) is 12.6. The van der Waals surface area contributed by atoms with Crippen molar-refractivity contribution < 1.29 is 23.7 Å². The van der Waals surface area contributed by atoms with Crippen LogP contribution in [0, 0.1) is 5.41 Å². The number of methoxy groups -OCH3 is 1. The lowest BCUT2D eigenvalue weighted by atomic mass is 10.2. The van der Waals surface area contributed by atoms with Gasteiger partial charge in [-0.3, -0.25) is 10.2 Å². The molecule has 0 fully saturated rings. The fraction of sp³-hybridized carbons (Fsp3) is 0.417. The highest BCUT2D eigenvalue weighted by atomic mass is 16.5. The molecule has 31 heavy (non-hydrogen) atoms. The van der Waals surface area contributed by atoms with Gasteiger partial charge in [-0.05, 0) is 68.7 Å². The zero-order chi connectivity index (χ0) is 22.6. The Kier molecular flexibility index (Phi) is 9.68. The SMILES string of the molecule is CCOC(=N)c1ccc(OCCCCCOc2ccc(C(=O)N(C)C)cc2OC)cc1. The number of hydrogen-bond donors (Lipinski definition) is 1. The van der Waals surface area contributed by atoms with Crippen LogP contribution in [0.25, 0.3) is 0 Å². The first-order valence-corrected chi connectivity index (χ1v) is 10.4. The highest BCUT2D eigenvalue weighted by molar-refractivity contribution is 5.94. The minimum Gasteiger partial charge on any atom is -0.494 e. The second kappa shape index (κ2) is 12.5. The molecule has 2 rings (SSSR count). The Hall–Kier alpha value is -3.22. The summed E-state index contributed by atoms with van der Waals surface area (Å²) < 4.78 is 22.1. The van der Waals surface area contributed by atoms with Gasteiger partial charge in [-0.2, -0.15) is 0 Å². The van der Waals surface area contributed by atoms with Crippen LogP contribution in [0.1, 0.15) is 42.1 Å². The molecule has 1 amide bonds. The van der Waals surface area contributed by atoms with Crippen molar-refractivity contribution in [3.05, 3.63) is 53.6 Å². The van der Waals surface area contributed by atoms with Crippen LogP contribution in [0.4, 0.5) is 0 Å². The van der Waals surface area contributed by atoms with Gasteiger partial charge in [0.2, 0.25) is 5.90 Å². The lowest BCUT2D eigenvalue weighted by Gasteiger charge is -2.14. The normalized spacial score (nSPS) is 10.3. The first kappa shape index (κ1) is 24.1. The largest absolute Gasteiger partial charge is 0.494 e. The van der Waals surface area contributed by atoms with E-state index in [0.29, 0.717) is 36.9 Å². The number of ether oxygens (including phenoxy) is 4. The van der Waals surface area contributed by atoms with Crippen LogP contribution in [0.15, 0.2) is 42.5 Å². The lowest BCUT2D eigenvalue weighted by molar-refractivity contribution is 0.0827. The second-order valence-corrected chi connectivity index (χ2v) is 7.11. The maximum absolute atomic E-state index is 12.1. The molecule has 0 aromatic heterocycles. The molecule has 2 aromatic carbocycles. The van der Waals surface area contributed by atoms with Crippen LogP contribution in [-0.2, 0) is 4.74 Å². The monoisotopic (exact) mass is 428 g/mol. The topological polar surface area (TPSA) is 81.1 Å². The van der Waals surface area contributed by atoms with Gasteiger partial charge in [-0.15, -0.1) is 0 Å². The van der Waals surface area contributed by atoms with Crippen molar-refractivity contribution >= 4 is 11.8 Å². The summed E-state index contributed by atoms with van der Waals surface area (Å²) in [5.74, 6) is 2.06. The van der Waals surface area contributed by atoms with E-state index >= 15 is 0 Å². The van der Waals surface area contributed by atoms with Crippen LogP contribution in [0.5, 0.6) is 17.2 Å². The van der Waals surface area contributed by atoms with Crippen LogP contribution in [0.3, 0.4) is 0 Å². The van der Waals surface area contributed by atoms with E-state index in [1.165, 1.54) is 4.90 Å². The summed E-state index contributed by atoms with van der Waals surface area (Å²) in [4.78, 5) is 13.6. The first-order valence-electron chi connectivity index (χ1n) is 10.4. The minimum atomic E-state index is -0.0768. The summed E-state index contributed by atoms with van der Waals surface area (Å²) in [5, 5.41) is 7.77. The van der Waals surface area contributed by atoms with Gasteiger partial charge >= 0.3 is 0 Å². The van der Waals surface area contributed by atoms with E-state index in [1.54, 1.807) is 39.4 Å². The predicted octanol–water partition coefficient (Wildman–Crippen LogP) is 4.39. The van der Waals surface area contributed by atoms with Crippen LogP contribution in [0.2, 0.25) is 0 Å². The molecular formula is C24H32N2O5. The number of carbonyl (C=O) groups is 1. The van der Waals surface area contributed by atoms with Gasteiger partial charge in [0.05, 0.1) is 26.9 Å². The average Bonchev–Trinajstić information content (AvgIpc) is 2.78. The molecule has 168 valence electrons. The van der Waals surface area contributed by atoms with Crippen molar-refractivity contribution in [2.75, 3.05) is 41.0 Å². The van der Waals surface area contributed by atoms with Crippen molar-refractivity contribution in [2.45, 2.75) is 26.2 Å². The molecule has 0 saturated heterocycles. The summed E-state index contributed by atoms with van der Waals surface area (Å²) in [5.41, 5.74) is 1.30. The van der Waals surface area contributed by atoms with Crippen molar-refractivity contribution in [1.29, 1.82) is 5.41 Å². The van der Waals surface area contributed by atoms with E-state index in [9.17, 15) is 4.79 Å². The maximum atomic E-state index is 12.1. The maximum Gasteiger partial charge on any atom is 0.253 e. The Bertz CT molecular complexity index is 850. The average molecular weight is 429 g/mol. The highest BCUT2D eigenvalue weighted by Gasteiger charge is 2.12. The molecule has 0 aliphatic carbocycles. The van der Waals surface area contributed by atoms with E-state index in [-0.39, 0.29) is 11.8 Å². The zero-order valence-electron chi connectivity index (χ0n) is 18.8. The van der Waals surface area contributed by atoms with E-state index in [4.69, 9.17) is 24.4 Å². The van der Waals surface area contributed by atoms with Gasteiger partial charge in [-0.25, -0.2) is 0 Å². The Balaban J connectivity index is 1.68. The van der Waals surface area contributed by atoms with Crippen molar-refractivity contribution in [2.24, 2.45) is 0 Å². The third-order valence-corrected chi connectivity index (χ3v) is 4.54. The van der Waals surface area contributed by atoms with E-state index in [1.807, 2.05) is 31.2 Å². The van der Waals surface area contributed by atoms with Gasteiger partial charge in [0.15, 0.2) is 11.5 Å². The summed E-state index contributed by atoms with van der Waals surface area (Å²) in [6.07, 6.45) is 2.76. The second-order valence-electron chi connectivity index (χ2n) is 7.11. The fourth-order valence-corrected chi connectivity index (χ4v) is 2.86. The number of carbonyl (C=O) groups excluding carboxylic acids is 1. The molecule has 0 radical (unpaired) electrons. The summed E-state index contributed by atoms with van der Waals surface area (Å²) >= 11 is 0. The third kappa shape index (κ3) is 7.51. The van der Waals surface area contributed by atoms with Crippen molar-refractivity contribution in [1.82, 2.24) is 4.90 Å². The van der Waals surface area contributed by atoms with Gasteiger partial charge in [0, 0.05) is 25.2 Å². The number of benzene rings is 2. The van der Waals surface area contributed by atoms with Crippen molar-refractivity contribution in [3.8, 4) is 17.2 Å². The standard InChI is InChI=1S/C24H32N2O5/c1-5-29-23(25)18-9-12-20(13-10-18)30-15-7-6-8-16-31-21-14-11-19(17-22(21)28-4)24(27)26(2)3/h9-14,17,25H,5-8,15-16H2,1-4H3. The molecule has 0 aliphatic heterocycles. The Morgan fingerprint density at radius 2 is 1.55 bits per heavy atom. The number of hydrogen-bond acceptors (Lipinski definition) is 6. The molecule has 0 spiro atoms. The molecule has 0 atom stereocenters. The number of unbranched alkanes of at least 4 members (excludes halogenated alkanes) is 2. The molecule has 7 heteroatoms. The molecule has 0 bridgehead atoms. The summed E-state index contributed by atoms with van der Waals surface area (Å²) in [6.45, 7) is 3.52. The fourth-order valence-electron chi connectivity index (χ4n) is 2.86.